The summed E-state index contributed by atoms with van der Waals surface area (Å²) in [6.45, 7) is 12.7. The third-order valence-electron chi connectivity index (χ3n) is 2.73. The molecule has 0 aromatic heterocycles. The molecule has 1 aliphatic rings. The fraction of sp³-hybridized carbons (Fsp3) is 0.125. The van der Waals surface area contributed by atoms with E-state index < -0.39 is 5.79 Å². The summed E-state index contributed by atoms with van der Waals surface area (Å²) in [6, 6.07) is 0. The van der Waals surface area contributed by atoms with Crippen LogP contribution in [0.2, 0.25) is 0 Å². The fourth-order valence-corrected chi connectivity index (χ4v) is 2.03. The van der Waals surface area contributed by atoms with Crippen LogP contribution in [0.1, 0.15) is 6.92 Å². The third kappa shape index (κ3) is 2.21. The number of allylic oxidation sites excluding steroid dienone is 7. The van der Waals surface area contributed by atoms with Crippen LogP contribution in [0.4, 0.5) is 0 Å². The number of hydrogen-bond donors (Lipinski definition) is 2. The summed E-state index contributed by atoms with van der Waals surface area (Å²) in [5.41, 5.74) is 2.18. The van der Waals surface area contributed by atoms with Gasteiger partial charge in [0.25, 0.3) is 0 Å². The Kier molecular flexibility index (Phi) is 4.43. The zero-order chi connectivity index (χ0) is 13.8. The van der Waals surface area contributed by atoms with E-state index in [1.54, 1.807) is 18.2 Å². The maximum atomic E-state index is 10.2. The molecule has 0 saturated heterocycles. The average Bonchev–Trinajstić information content (AvgIpc) is 2.51. The molecule has 1 aliphatic carbocycles. The molecule has 0 fully saturated rings. The minimum Gasteiger partial charge on any atom is -0.358 e. The second-order valence-electron chi connectivity index (χ2n) is 3.84. The lowest BCUT2D eigenvalue weighted by atomic mass is 10.0. The van der Waals surface area contributed by atoms with Gasteiger partial charge in [-0.05, 0) is 18.1 Å². The van der Waals surface area contributed by atoms with E-state index in [-0.39, 0.29) is 0 Å². The Bertz CT molecular complexity index is 497. The van der Waals surface area contributed by atoms with E-state index in [9.17, 15) is 10.2 Å². The molecule has 0 unspecified atom stereocenters. The first-order valence-electron chi connectivity index (χ1n) is 5.65. The van der Waals surface area contributed by atoms with Gasteiger partial charge in [0.2, 0.25) is 5.79 Å². The first-order chi connectivity index (χ1) is 8.54. The van der Waals surface area contributed by atoms with Gasteiger partial charge >= 0.3 is 0 Å². The SMILES string of the molecule is C=C/C=C1/C(/C=C\C)=C(C=C)C(O)(O)/C1=C/C=C. The number of hydrogen-bond acceptors (Lipinski definition) is 2. The first kappa shape index (κ1) is 14.2. The summed E-state index contributed by atoms with van der Waals surface area (Å²) in [5.74, 6) is -2.04. The van der Waals surface area contributed by atoms with Crippen molar-refractivity contribution in [3.63, 3.8) is 0 Å². The van der Waals surface area contributed by atoms with Gasteiger partial charge in [-0.3, -0.25) is 0 Å². The molecule has 94 valence electrons. The van der Waals surface area contributed by atoms with E-state index in [0.717, 1.165) is 5.57 Å². The number of rotatable bonds is 4. The smallest absolute Gasteiger partial charge is 0.218 e. The summed E-state index contributed by atoms with van der Waals surface area (Å²) in [6.07, 6.45) is 11.6. The highest BCUT2D eigenvalue weighted by Crippen LogP contribution is 2.43. The standard InChI is InChI=1S/C16H18O2/c1-5-9-12-13(10-6-2)15(11-7-3)16(17,18)14(12)8-4/h5-11,17-18H,2-4H2,1H3/b9-5-,13-10-,15-11+. The molecule has 0 aromatic rings. The van der Waals surface area contributed by atoms with Gasteiger partial charge in [-0.25, -0.2) is 0 Å². The van der Waals surface area contributed by atoms with Crippen molar-refractivity contribution in [3.05, 3.63) is 84.6 Å². The monoisotopic (exact) mass is 242 g/mol. The van der Waals surface area contributed by atoms with Crippen LogP contribution in [0.15, 0.2) is 84.6 Å². The Morgan fingerprint density at radius 1 is 1.06 bits per heavy atom. The molecule has 2 N–H and O–H groups in total. The quantitative estimate of drug-likeness (QED) is 0.744. The van der Waals surface area contributed by atoms with E-state index in [4.69, 9.17) is 0 Å². The Labute approximate surface area is 108 Å². The maximum absolute atomic E-state index is 10.2. The van der Waals surface area contributed by atoms with Crippen LogP contribution >= 0.6 is 0 Å². The van der Waals surface area contributed by atoms with E-state index >= 15 is 0 Å². The maximum Gasteiger partial charge on any atom is 0.218 e. The molecule has 18 heavy (non-hydrogen) atoms. The van der Waals surface area contributed by atoms with Gasteiger partial charge in [0.1, 0.15) is 0 Å². The van der Waals surface area contributed by atoms with Crippen molar-refractivity contribution >= 4 is 0 Å². The molecule has 0 amide bonds. The van der Waals surface area contributed by atoms with E-state index in [0.29, 0.717) is 16.7 Å². The molecule has 0 aromatic carbocycles. The Morgan fingerprint density at radius 3 is 2.11 bits per heavy atom. The molecule has 0 aliphatic heterocycles. The number of aliphatic hydroxyl groups is 2. The minimum atomic E-state index is -2.04. The minimum absolute atomic E-state index is 0.363. The van der Waals surface area contributed by atoms with Gasteiger partial charge in [0.15, 0.2) is 0 Å². The fourth-order valence-electron chi connectivity index (χ4n) is 2.03. The van der Waals surface area contributed by atoms with Crippen LogP contribution in [0.25, 0.3) is 0 Å². The van der Waals surface area contributed by atoms with E-state index in [1.807, 2.05) is 19.1 Å². The van der Waals surface area contributed by atoms with Gasteiger partial charge in [0.05, 0.1) is 0 Å². The van der Waals surface area contributed by atoms with Crippen molar-refractivity contribution in [3.8, 4) is 0 Å². The topological polar surface area (TPSA) is 40.5 Å². The Balaban J connectivity index is 3.63. The third-order valence-corrected chi connectivity index (χ3v) is 2.73. The molecular weight excluding hydrogens is 224 g/mol. The van der Waals surface area contributed by atoms with Crippen molar-refractivity contribution < 1.29 is 10.2 Å². The predicted molar refractivity (Wildman–Crippen MR) is 75.8 cm³/mol. The highest BCUT2D eigenvalue weighted by atomic mass is 16.5. The molecule has 0 spiro atoms. The summed E-state index contributed by atoms with van der Waals surface area (Å²) in [5, 5.41) is 20.5. The van der Waals surface area contributed by atoms with Crippen molar-refractivity contribution in [2.45, 2.75) is 12.7 Å². The van der Waals surface area contributed by atoms with Crippen molar-refractivity contribution in [1.29, 1.82) is 0 Å². The van der Waals surface area contributed by atoms with Gasteiger partial charge < -0.3 is 10.2 Å². The van der Waals surface area contributed by atoms with E-state index in [2.05, 4.69) is 19.7 Å². The molecule has 0 saturated carbocycles. The molecule has 0 atom stereocenters. The van der Waals surface area contributed by atoms with Crippen molar-refractivity contribution in [2.24, 2.45) is 0 Å². The Hall–Kier alpha value is -1.90. The lowest BCUT2D eigenvalue weighted by Crippen LogP contribution is -2.29. The first-order valence-corrected chi connectivity index (χ1v) is 5.65. The van der Waals surface area contributed by atoms with Gasteiger partial charge in [0, 0.05) is 11.1 Å². The normalized spacial score (nSPS) is 23.1. The summed E-state index contributed by atoms with van der Waals surface area (Å²) < 4.78 is 0. The average molecular weight is 242 g/mol. The van der Waals surface area contributed by atoms with Gasteiger partial charge in [-0.1, -0.05) is 62.3 Å². The van der Waals surface area contributed by atoms with Gasteiger partial charge in [-0.15, -0.1) is 0 Å². The molecule has 0 heterocycles. The lowest BCUT2D eigenvalue weighted by Gasteiger charge is -2.19. The summed E-state index contributed by atoms with van der Waals surface area (Å²) in [7, 11) is 0. The highest BCUT2D eigenvalue weighted by Gasteiger charge is 2.42. The molecule has 0 radical (unpaired) electrons. The summed E-state index contributed by atoms with van der Waals surface area (Å²) in [4.78, 5) is 0. The second kappa shape index (κ2) is 5.63. The predicted octanol–water partition coefficient (Wildman–Crippen LogP) is 2.96. The lowest BCUT2D eigenvalue weighted by molar-refractivity contribution is -0.0862. The highest BCUT2D eigenvalue weighted by molar-refractivity contribution is 5.69. The van der Waals surface area contributed by atoms with Crippen LogP contribution < -0.4 is 0 Å². The molecule has 0 bridgehead atoms. The van der Waals surface area contributed by atoms with Crippen molar-refractivity contribution in [2.75, 3.05) is 0 Å². The molecule has 1 rings (SSSR count). The zero-order valence-electron chi connectivity index (χ0n) is 10.6. The van der Waals surface area contributed by atoms with Crippen LogP contribution in [-0.2, 0) is 0 Å². The van der Waals surface area contributed by atoms with Crippen LogP contribution in [-0.4, -0.2) is 16.0 Å². The summed E-state index contributed by atoms with van der Waals surface area (Å²) >= 11 is 0. The van der Waals surface area contributed by atoms with Gasteiger partial charge in [-0.2, -0.15) is 0 Å². The van der Waals surface area contributed by atoms with Crippen LogP contribution in [0.5, 0.6) is 0 Å². The molecule has 2 heteroatoms. The van der Waals surface area contributed by atoms with Crippen LogP contribution in [0.3, 0.4) is 0 Å². The Morgan fingerprint density at radius 2 is 1.67 bits per heavy atom. The largest absolute Gasteiger partial charge is 0.358 e. The van der Waals surface area contributed by atoms with Crippen molar-refractivity contribution in [1.82, 2.24) is 0 Å². The molecular formula is C16H18O2. The second-order valence-corrected chi connectivity index (χ2v) is 3.84. The molecule has 2 nitrogen and oxygen atoms in total. The zero-order valence-corrected chi connectivity index (χ0v) is 10.6. The van der Waals surface area contributed by atoms with Crippen LogP contribution in [0, 0.1) is 0 Å². The van der Waals surface area contributed by atoms with E-state index in [1.165, 1.54) is 12.2 Å².